The SMILES string of the molecule is CCc1ccccc1CNC(=NC)NCCS(=O)Cc1ccccc1. The first-order chi connectivity index (χ1) is 12.2. The van der Waals surface area contributed by atoms with Gasteiger partial charge in [-0.2, -0.15) is 0 Å². The van der Waals surface area contributed by atoms with Crippen LogP contribution in [0.4, 0.5) is 0 Å². The Morgan fingerprint density at radius 1 is 1.00 bits per heavy atom. The van der Waals surface area contributed by atoms with Crippen LogP contribution in [-0.2, 0) is 29.5 Å². The van der Waals surface area contributed by atoms with E-state index in [4.69, 9.17) is 0 Å². The molecule has 2 aromatic carbocycles. The van der Waals surface area contributed by atoms with Crippen LogP contribution in [0.25, 0.3) is 0 Å². The van der Waals surface area contributed by atoms with E-state index in [1.54, 1.807) is 7.05 Å². The predicted octanol–water partition coefficient (Wildman–Crippen LogP) is 2.86. The highest BCUT2D eigenvalue weighted by Crippen LogP contribution is 2.08. The summed E-state index contributed by atoms with van der Waals surface area (Å²) in [5.41, 5.74) is 3.73. The zero-order valence-electron chi connectivity index (χ0n) is 15.0. The Kier molecular flexibility index (Phi) is 8.19. The molecule has 0 radical (unpaired) electrons. The summed E-state index contributed by atoms with van der Waals surface area (Å²) in [7, 11) is 0.872. The molecule has 0 heterocycles. The van der Waals surface area contributed by atoms with E-state index >= 15 is 0 Å². The molecule has 2 aromatic rings. The van der Waals surface area contributed by atoms with Gasteiger partial charge in [-0.05, 0) is 23.1 Å². The maximum atomic E-state index is 12.2. The molecule has 0 fully saturated rings. The number of rotatable bonds is 8. The van der Waals surface area contributed by atoms with Crippen molar-refractivity contribution in [3.05, 3.63) is 71.3 Å². The summed E-state index contributed by atoms with van der Waals surface area (Å²) in [5.74, 6) is 1.93. The van der Waals surface area contributed by atoms with Crippen molar-refractivity contribution in [3.8, 4) is 0 Å². The van der Waals surface area contributed by atoms with Crippen molar-refractivity contribution >= 4 is 16.8 Å². The maximum absolute atomic E-state index is 12.2. The lowest BCUT2D eigenvalue weighted by Gasteiger charge is -2.13. The monoisotopic (exact) mass is 357 g/mol. The highest BCUT2D eigenvalue weighted by atomic mass is 32.2. The Labute approximate surface area is 153 Å². The van der Waals surface area contributed by atoms with Gasteiger partial charge in [0.25, 0.3) is 0 Å². The van der Waals surface area contributed by atoms with Crippen molar-refractivity contribution in [1.29, 1.82) is 0 Å². The van der Waals surface area contributed by atoms with E-state index in [1.165, 1.54) is 11.1 Å². The molecule has 2 N–H and O–H groups in total. The van der Waals surface area contributed by atoms with Crippen LogP contribution in [0.1, 0.15) is 23.6 Å². The van der Waals surface area contributed by atoms with Crippen LogP contribution >= 0.6 is 0 Å². The molecule has 25 heavy (non-hydrogen) atoms. The predicted molar refractivity (Wildman–Crippen MR) is 107 cm³/mol. The molecule has 0 saturated carbocycles. The molecular weight excluding hydrogens is 330 g/mol. The highest BCUT2D eigenvalue weighted by Gasteiger charge is 2.04. The third kappa shape index (κ3) is 6.70. The Morgan fingerprint density at radius 2 is 1.68 bits per heavy atom. The van der Waals surface area contributed by atoms with Crippen LogP contribution in [0.5, 0.6) is 0 Å². The first kappa shape index (κ1) is 19.2. The minimum absolute atomic E-state index is 0.596. The van der Waals surface area contributed by atoms with Crippen LogP contribution < -0.4 is 10.6 Å². The molecule has 0 aromatic heterocycles. The molecule has 1 unspecified atom stereocenters. The average Bonchev–Trinajstić information content (AvgIpc) is 2.65. The standard InChI is InChI=1S/C20H27N3OS/c1-3-18-11-7-8-12-19(18)15-23-20(21-2)22-13-14-25(24)16-17-9-5-4-6-10-17/h4-12H,3,13-16H2,1-2H3,(H2,21,22,23). The summed E-state index contributed by atoms with van der Waals surface area (Å²) in [6, 6.07) is 18.4. The smallest absolute Gasteiger partial charge is 0.191 e. The van der Waals surface area contributed by atoms with Crippen molar-refractivity contribution in [1.82, 2.24) is 10.6 Å². The largest absolute Gasteiger partial charge is 0.355 e. The zero-order valence-corrected chi connectivity index (χ0v) is 15.8. The Hall–Kier alpha value is -2.14. The van der Waals surface area contributed by atoms with Crippen molar-refractivity contribution in [3.63, 3.8) is 0 Å². The fraction of sp³-hybridized carbons (Fsp3) is 0.350. The van der Waals surface area contributed by atoms with Crippen molar-refractivity contribution < 1.29 is 4.21 Å². The Morgan fingerprint density at radius 3 is 2.36 bits per heavy atom. The van der Waals surface area contributed by atoms with Gasteiger partial charge in [0.05, 0.1) is 0 Å². The molecule has 1 atom stereocenters. The van der Waals surface area contributed by atoms with Gasteiger partial charge >= 0.3 is 0 Å². The van der Waals surface area contributed by atoms with Gasteiger partial charge in [-0.15, -0.1) is 0 Å². The van der Waals surface area contributed by atoms with Crippen LogP contribution in [0.2, 0.25) is 0 Å². The van der Waals surface area contributed by atoms with E-state index in [9.17, 15) is 4.21 Å². The second kappa shape index (κ2) is 10.7. The quantitative estimate of drug-likeness (QED) is 0.564. The van der Waals surface area contributed by atoms with Gasteiger partial charge < -0.3 is 10.6 Å². The molecule has 0 bridgehead atoms. The minimum atomic E-state index is -0.880. The second-order valence-electron chi connectivity index (χ2n) is 5.75. The van der Waals surface area contributed by atoms with Crippen molar-refractivity contribution in [2.24, 2.45) is 4.99 Å². The fourth-order valence-electron chi connectivity index (χ4n) is 2.59. The molecule has 0 saturated heterocycles. The summed E-state index contributed by atoms with van der Waals surface area (Å²) in [6.07, 6.45) is 1.02. The molecule has 4 nitrogen and oxygen atoms in total. The minimum Gasteiger partial charge on any atom is -0.355 e. The molecule has 2 rings (SSSR count). The van der Waals surface area contributed by atoms with Crippen LogP contribution in [0.15, 0.2) is 59.6 Å². The highest BCUT2D eigenvalue weighted by molar-refractivity contribution is 7.84. The van der Waals surface area contributed by atoms with Gasteiger partial charge in [0.15, 0.2) is 5.96 Å². The van der Waals surface area contributed by atoms with Gasteiger partial charge in [0, 0.05) is 42.4 Å². The van der Waals surface area contributed by atoms with E-state index in [-0.39, 0.29) is 0 Å². The molecule has 0 aliphatic rings. The number of benzene rings is 2. The molecule has 0 spiro atoms. The number of hydrogen-bond donors (Lipinski definition) is 2. The summed E-state index contributed by atoms with van der Waals surface area (Å²) in [4.78, 5) is 4.23. The van der Waals surface area contributed by atoms with Crippen LogP contribution in [0, 0.1) is 0 Å². The number of nitrogens with one attached hydrogen (secondary N) is 2. The van der Waals surface area contributed by atoms with Crippen LogP contribution in [0.3, 0.4) is 0 Å². The lowest BCUT2D eigenvalue weighted by Crippen LogP contribution is -2.38. The van der Waals surface area contributed by atoms with Crippen LogP contribution in [-0.4, -0.2) is 29.5 Å². The zero-order chi connectivity index (χ0) is 17.9. The molecule has 0 aliphatic heterocycles. The Bertz CT molecular complexity index is 701. The first-order valence-corrected chi connectivity index (χ1v) is 10.1. The lowest BCUT2D eigenvalue weighted by atomic mass is 10.1. The second-order valence-corrected chi connectivity index (χ2v) is 7.33. The van der Waals surface area contributed by atoms with E-state index in [1.807, 2.05) is 30.3 Å². The normalized spacial score (nSPS) is 12.6. The summed E-state index contributed by atoms with van der Waals surface area (Å²) < 4.78 is 12.2. The van der Waals surface area contributed by atoms with E-state index in [2.05, 4.69) is 46.8 Å². The van der Waals surface area contributed by atoms with E-state index in [0.29, 0.717) is 18.1 Å². The topological polar surface area (TPSA) is 53.5 Å². The number of aliphatic imine (C=N–C) groups is 1. The van der Waals surface area contributed by atoms with Gasteiger partial charge in [0.1, 0.15) is 0 Å². The van der Waals surface area contributed by atoms with Crippen molar-refractivity contribution in [2.45, 2.75) is 25.6 Å². The van der Waals surface area contributed by atoms with E-state index in [0.717, 1.165) is 24.5 Å². The number of hydrogen-bond acceptors (Lipinski definition) is 2. The molecule has 134 valence electrons. The summed E-state index contributed by atoms with van der Waals surface area (Å²) in [5, 5.41) is 6.56. The summed E-state index contributed by atoms with van der Waals surface area (Å²) in [6.45, 7) is 3.53. The molecule has 0 aliphatic carbocycles. The van der Waals surface area contributed by atoms with Gasteiger partial charge in [-0.25, -0.2) is 0 Å². The molecule has 5 heteroatoms. The van der Waals surface area contributed by atoms with Gasteiger partial charge in [-0.3, -0.25) is 9.20 Å². The van der Waals surface area contributed by atoms with Gasteiger partial charge in [0.2, 0.25) is 0 Å². The third-order valence-corrected chi connectivity index (χ3v) is 5.28. The first-order valence-electron chi connectivity index (χ1n) is 8.63. The third-order valence-electron chi connectivity index (χ3n) is 3.96. The van der Waals surface area contributed by atoms with E-state index < -0.39 is 10.8 Å². The number of nitrogens with zero attached hydrogens (tertiary/aromatic N) is 1. The summed E-state index contributed by atoms with van der Waals surface area (Å²) >= 11 is 0. The number of guanidine groups is 1. The molecule has 0 amide bonds. The van der Waals surface area contributed by atoms with Crippen molar-refractivity contribution in [2.75, 3.05) is 19.3 Å². The average molecular weight is 358 g/mol. The number of aryl methyl sites for hydroxylation is 1. The maximum Gasteiger partial charge on any atom is 0.191 e. The van der Waals surface area contributed by atoms with Gasteiger partial charge in [-0.1, -0.05) is 61.5 Å². The Balaban J connectivity index is 1.74. The lowest BCUT2D eigenvalue weighted by molar-refractivity contribution is 0.680. The molecular formula is C20H27N3OS. The fourth-order valence-corrected chi connectivity index (χ4v) is 3.63.